The zero-order valence-electron chi connectivity index (χ0n) is 14.2. The van der Waals surface area contributed by atoms with Crippen molar-refractivity contribution < 1.29 is 19.1 Å². The summed E-state index contributed by atoms with van der Waals surface area (Å²) in [5, 5.41) is 0. The molecule has 0 aromatic heterocycles. The van der Waals surface area contributed by atoms with Crippen molar-refractivity contribution in [3.63, 3.8) is 0 Å². The fraction of sp³-hybridized carbons (Fsp3) is 0.250. The first-order valence-corrected chi connectivity index (χ1v) is 8.49. The van der Waals surface area contributed by atoms with Crippen LogP contribution in [0, 0.1) is 0 Å². The molecule has 1 aliphatic rings. The topological polar surface area (TPSA) is 84.5 Å². The summed E-state index contributed by atoms with van der Waals surface area (Å²) in [6, 6.07) is 18.0. The van der Waals surface area contributed by atoms with Gasteiger partial charge in [-0.25, -0.2) is 0 Å². The molecule has 0 spiro atoms. The van der Waals surface area contributed by atoms with Crippen LogP contribution in [0.3, 0.4) is 0 Å². The van der Waals surface area contributed by atoms with Crippen LogP contribution >= 0.6 is 0 Å². The number of carbonyl (C=O) groups excluding carboxylic acids is 3. The fourth-order valence-electron chi connectivity index (χ4n) is 2.99. The van der Waals surface area contributed by atoms with E-state index in [0.717, 1.165) is 12.0 Å². The van der Waals surface area contributed by atoms with Crippen molar-refractivity contribution in [1.82, 2.24) is 10.9 Å². The number of benzene rings is 2. The molecule has 2 aromatic carbocycles. The molecule has 6 nitrogen and oxygen atoms in total. The summed E-state index contributed by atoms with van der Waals surface area (Å²) >= 11 is 0. The molecule has 0 heterocycles. The van der Waals surface area contributed by atoms with Gasteiger partial charge in [0.15, 0.2) is 6.61 Å². The Morgan fingerprint density at radius 2 is 1.50 bits per heavy atom. The summed E-state index contributed by atoms with van der Waals surface area (Å²) in [5.41, 5.74) is 5.21. The lowest BCUT2D eigenvalue weighted by molar-refractivity contribution is -0.157. The highest BCUT2D eigenvalue weighted by Gasteiger charge is 2.47. The van der Waals surface area contributed by atoms with E-state index in [1.54, 1.807) is 30.3 Å². The molecule has 134 valence electrons. The van der Waals surface area contributed by atoms with Gasteiger partial charge in [-0.1, -0.05) is 55.0 Å². The first kappa shape index (κ1) is 17.7. The molecule has 2 aromatic rings. The lowest BCUT2D eigenvalue weighted by Gasteiger charge is -2.39. The van der Waals surface area contributed by atoms with E-state index < -0.39 is 29.8 Å². The van der Waals surface area contributed by atoms with E-state index in [2.05, 4.69) is 10.9 Å². The Labute approximate surface area is 151 Å². The molecule has 0 atom stereocenters. The van der Waals surface area contributed by atoms with Gasteiger partial charge < -0.3 is 4.74 Å². The molecule has 0 unspecified atom stereocenters. The van der Waals surface area contributed by atoms with E-state index in [0.29, 0.717) is 18.4 Å². The second-order valence-electron chi connectivity index (χ2n) is 6.25. The molecule has 6 heteroatoms. The van der Waals surface area contributed by atoms with Crippen LogP contribution in [0.15, 0.2) is 60.7 Å². The van der Waals surface area contributed by atoms with E-state index in [1.807, 2.05) is 30.3 Å². The second-order valence-corrected chi connectivity index (χ2v) is 6.25. The number of hydrazine groups is 1. The van der Waals surface area contributed by atoms with Crippen LogP contribution in [0.25, 0.3) is 0 Å². The maximum atomic E-state index is 12.5. The van der Waals surface area contributed by atoms with E-state index in [4.69, 9.17) is 4.74 Å². The maximum Gasteiger partial charge on any atom is 0.317 e. The van der Waals surface area contributed by atoms with E-state index in [9.17, 15) is 14.4 Å². The third-order valence-electron chi connectivity index (χ3n) is 4.61. The highest BCUT2D eigenvalue weighted by Crippen LogP contribution is 2.44. The standard InChI is InChI=1S/C20H20N2O4/c23-17(21-22-18(24)15-8-3-1-4-9-15)14-26-19(25)20(12-7-13-20)16-10-5-2-6-11-16/h1-6,8-11H,7,12-14H2,(H,21,23)(H,22,24). The van der Waals surface area contributed by atoms with Crippen LogP contribution in [-0.4, -0.2) is 24.4 Å². The average Bonchev–Trinajstić information content (AvgIpc) is 2.65. The molecule has 1 fully saturated rings. The average molecular weight is 352 g/mol. The van der Waals surface area contributed by atoms with E-state index >= 15 is 0 Å². The van der Waals surface area contributed by atoms with Crippen LogP contribution < -0.4 is 10.9 Å². The summed E-state index contributed by atoms with van der Waals surface area (Å²) in [6.45, 7) is -0.442. The SMILES string of the molecule is O=C(COC(=O)C1(c2ccccc2)CCC1)NNC(=O)c1ccccc1. The van der Waals surface area contributed by atoms with Gasteiger partial charge in [-0.3, -0.25) is 25.2 Å². The van der Waals surface area contributed by atoms with Gasteiger partial charge >= 0.3 is 5.97 Å². The Kier molecular flexibility index (Phi) is 5.31. The van der Waals surface area contributed by atoms with E-state index in [-0.39, 0.29) is 0 Å². The lowest BCUT2D eigenvalue weighted by atomic mass is 9.64. The Morgan fingerprint density at radius 1 is 0.885 bits per heavy atom. The van der Waals surface area contributed by atoms with Gasteiger partial charge in [0.25, 0.3) is 11.8 Å². The highest BCUT2D eigenvalue weighted by atomic mass is 16.5. The first-order chi connectivity index (χ1) is 12.6. The van der Waals surface area contributed by atoms with Crippen LogP contribution in [0.4, 0.5) is 0 Å². The van der Waals surface area contributed by atoms with Crippen LogP contribution in [0.2, 0.25) is 0 Å². The molecule has 3 rings (SSSR count). The summed E-state index contributed by atoms with van der Waals surface area (Å²) < 4.78 is 5.20. The van der Waals surface area contributed by atoms with Crippen LogP contribution in [-0.2, 0) is 19.7 Å². The number of amides is 2. The Hall–Kier alpha value is -3.15. The van der Waals surface area contributed by atoms with Crippen molar-refractivity contribution in [3.05, 3.63) is 71.8 Å². The second kappa shape index (κ2) is 7.82. The van der Waals surface area contributed by atoms with Crippen molar-refractivity contribution in [2.24, 2.45) is 0 Å². The van der Waals surface area contributed by atoms with Gasteiger partial charge in [-0.2, -0.15) is 0 Å². The molecule has 0 bridgehead atoms. The Balaban J connectivity index is 1.50. The molecule has 1 saturated carbocycles. The molecule has 1 aliphatic carbocycles. The van der Waals surface area contributed by atoms with Gasteiger partial charge in [-0.15, -0.1) is 0 Å². The number of hydrogen-bond acceptors (Lipinski definition) is 4. The van der Waals surface area contributed by atoms with Crippen molar-refractivity contribution >= 4 is 17.8 Å². The lowest BCUT2D eigenvalue weighted by Crippen LogP contribution is -2.47. The first-order valence-electron chi connectivity index (χ1n) is 8.49. The number of nitrogens with one attached hydrogen (secondary N) is 2. The molecule has 26 heavy (non-hydrogen) atoms. The zero-order valence-corrected chi connectivity index (χ0v) is 14.2. The number of rotatable bonds is 5. The third kappa shape index (κ3) is 3.74. The van der Waals surface area contributed by atoms with E-state index in [1.165, 1.54) is 0 Å². The summed E-state index contributed by atoms with van der Waals surface area (Å²) in [7, 11) is 0. The zero-order chi connectivity index (χ0) is 18.4. The minimum atomic E-state index is -0.658. The Bertz CT molecular complexity index is 786. The summed E-state index contributed by atoms with van der Waals surface area (Å²) in [6.07, 6.45) is 2.37. The number of ether oxygens (including phenoxy) is 1. The van der Waals surface area contributed by atoms with Crippen molar-refractivity contribution in [2.45, 2.75) is 24.7 Å². The summed E-state index contributed by atoms with van der Waals surface area (Å²) in [4.78, 5) is 36.2. The van der Waals surface area contributed by atoms with Gasteiger partial charge in [0.2, 0.25) is 0 Å². The molecular formula is C20H20N2O4. The molecule has 0 saturated heterocycles. The molecule has 0 aliphatic heterocycles. The summed E-state index contributed by atoms with van der Waals surface area (Å²) in [5.74, 6) is -1.44. The van der Waals surface area contributed by atoms with Gasteiger partial charge in [-0.05, 0) is 30.5 Å². The fourth-order valence-corrected chi connectivity index (χ4v) is 2.99. The Morgan fingerprint density at radius 3 is 2.08 bits per heavy atom. The van der Waals surface area contributed by atoms with Crippen molar-refractivity contribution in [3.8, 4) is 0 Å². The minimum Gasteiger partial charge on any atom is -0.455 e. The third-order valence-corrected chi connectivity index (χ3v) is 4.61. The van der Waals surface area contributed by atoms with Gasteiger partial charge in [0.05, 0.1) is 5.41 Å². The molecular weight excluding hydrogens is 332 g/mol. The van der Waals surface area contributed by atoms with Crippen molar-refractivity contribution in [2.75, 3.05) is 6.61 Å². The number of esters is 1. The normalized spacial score (nSPS) is 14.6. The predicted octanol–water partition coefficient (Wildman–Crippen LogP) is 2.11. The predicted molar refractivity (Wildman–Crippen MR) is 95.0 cm³/mol. The maximum absolute atomic E-state index is 12.5. The quantitative estimate of drug-likeness (QED) is 0.638. The van der Waals surface area contributed by atoms with Crippen LogP contribution in [0.1, 0.15) is 35.2 Å². The van der Waals surface area contributed by atoms with Crippen LogP contribution in [0.5, 0.6) is 0 Å². The number of carbonyl (C=O) groups is 3. The highest BCUT2D eigenvalue weighted by molar-refractivity contribution is 5.95. The van der Waals surface area contributed by atoms with Crippen molar-refractivity contribution in [1.29, 1.82) is 0 Å². The smallest absolute Gasteiger partial charge is 0.317 e. The molecule has 0 radical (unpaired) electrons. The molecule has 2 amide bonds. The monoisotopic (exact) mass is 352 g/mol. The number of hydrogen-bond donors (Lipinski definition) is 2. The molecule has 2 N–H and O–H groups in total. The largest absolute Gasteiger partial charge is 0.455 e. The minimum absolute atomic E-state index is 0.403. The van der Waals surface area contributed by atoms with Gasteiger partial charge in [0, 0.05) is 5.56 Å². The van der Waals surface area contributed by atoms with Gasteiger partial charge in [0.1, 0.15) is 0 Å².